The van der Waals surface area contributed by atoms with Gasteiger partial charge in [0.15, 0.2) is 16.8 Å². The number of nitrogens with one attached hydrogen (secondary N) is 1. The van der Waals surface area contributed by atoms with Gasteiger partial charge in [-0.15, -0.1) is 11.3 Å². The SMILES string of the molecule is CC(C)[C@H]1c2nc(NC(=O)Cc3ccc(F)c(F)c3)sc2CN1Cc1ccc(C(F)(F)F)cc1. The van der Waals surface area contributed by atoms with Gasteiger partial charge >= 0.3 is 6.18 Å². The molecule has 0 aliphatic carbocycles. The number of thiazole rings is 1. The van der Waals surface area contributed by atoms with E-state index >= 15 is 0 Å². The molecule has 0 saturated heterocycles. The number of halogens is 5. The van der Waals surface area contributed by atoms with Gasteiger partial charge in [-0.25, -0.2) is 13.8 Å². The number of alkyl halides is 3. The van der Waals surface area contributed by atoms with E-state index in [2.05, 4.69) is 15.2 Å². The molecule has 4 nitrogen and oxygen atoms in total. The molecule has 0 fully saturated rings. The summed E-state index contributed by atoms with van der Waals surface area (Å²) in [5.41, 5.74) is 1.29. The minimum absolute atomic E-state index is 0.0506. The zero-order valence-corrected chi connectivity index (χ0v) is 19.2. The maximum Gasteiger partial charge on any atom is 0.416 e. The van der Waals surface area contributed by atoms with E-state index in [-0.39, 0.29) is 24.3 Å². The van der Waals surface area contributed by atoms with Crippen molar-refractivity contribution in [1.29, 1.82) is 0 Å². The Labute approximate surface area is 197 Å². The average Bonchev–Trinajstić information content (AvgIpc) is 3.26. The average molecular weight is 496 g/mol. The molecule has 1 aliphatic rings. The van der Waals surface area contributed by atoms with Gasteiger partial charge in [-0.1, -0.05) is 32.0 Å². The van der Waals surface area contributed by atoms with Crippen LogP contribution in [0.3, 0.4) is 0 Å². The number of amides is 1. The molecule has 0 spiro atoms. The largest absolute Gasteiger partial charge is 0.416 e. The highest BCUT2D eigenvalue weighted by atomic mass is 32.1. The third kappa shape index (κ3) is 5.28. The normalized spacial score (nSPS) is 16.2. The molecule has 0 bridgehead atoms. The van der Waals surface area contributed by atoms with Crippen molar-refractivity contribution in [3.8, 4) is 0 Å². The summed E-state index contributed by atoms with van der Waals surface area (Å²) in [4.78, 5) is 20.1. The Morgan fingerprint density at radius 1 is 1.12 bits per heavy atom. The Balaban J connectivity index is 1.43. The van der Waals surface area contributed by atoms with Crippen LogP contribution in [0.2, 0.25) is 0 Å². The fourth-order valence-corrected chi connectivity index (χ4v) is 5.18. The van der Waals surface area contributed by atoms with Crippen LogP contribution in [0.15, 0.2) is 42.5 Å². The Bertz CT molecular complexity index is 1190. The van der Waals surface area contributed by atoms with Crippen LogP contribution in [0.1, 0.15) is 47.2 Å². The highest BCUT2D eigenvalue weighted by Crippen LogP contribution is 2.43. The molecule has 1 aromatic heterocycles. The van der Waals surface area contributed by atoms with Crippen LogP contribution < -0.4 is 5.32 Å². The minimum Gasteiger partial charge on any atom is -0.302 e. The zero-order valence-electron chi connectivity index (χ0n) is 18.4. The number of benzene rings is 2. The number of carbonyl (C=O) groups is 1. The van der Waals surface area contributed by atoms with Gasteiger partial charge in [0.05, 0.1) is 23.7 Å². The molecule has 1 N–H and O–H groups in total. The second kappa shape index (κ2) is 9.42. The molecule has 0 unspecified atom stereocenters. The summed E-state index contributed by atoms with van der Waals surface area (Å²) >= 11 is 1.34. The lowest BCUT2D eigenvalue weighted by atomic mass is 10.0. The van der Waals surface area contributed by atoms with Crippen molar-refractivity contribution in [2.24, 2.45) is 5.92 Å². The molecule has 1 aliphatic heterocycles. The maximum absolute atomic E-state index is 13.4. The number of nitrogens with zero attached hydrogens (tertiary/aromatic N) is 2. The number of carbonyl (C=O) groups excluding carboxylic acids is 1. The van der Waals surface area contributed by atoms with Gasteiger partial charge in [0.2, 0.25) is 5.91 Å². The highest BCUT2D eigenvalue weighted by Gasteiger charge is 2.36. The summed E-state index contributed by atoms with van der Waals surface area (Å²) in [6.07, 6.45) is -4.48. The van der Waals surface area contributed by atoms with E-state index in [0.29, 0.717) is 23.8 Å². The molecule has 2 aromatic carbocycles. The molecule has 34 heavy (non-hydrogen) atoms. The molecule has 3 aromatic rings. The van der Waals surface area contributed by atoms with Gasteiger partial charge in [-0.05, 0) is 41.3 Å². The number of fused-ring (bicyclic) bond motifs is 1. The first-order valence-corrected chi connectivity index (χ1v) is 11.5. The summed E-state index contributed by atoms with van der Waals surface area (Å²) in [6, 6.07) is 8.43. The van der Waals surface area contributed by atoms with Gasteiger partial charge in [0, 0.05) is 18.0 Å². The summed E-state index contributed by atoms with van der Waals surface area (Å²) in [6.45, 7) is 5.12. The van der Waals surface area contributed by atoms with Crippen molar-refractivity contribution >= 4 is 22.4 Å². The predicted octanol–water partition coefficient (Wildman–Crippen LogP) is 6.33. The van der Waals surface area contributed by atoms with Crippen molar-refractivity contribution in [3.63, 3.8) is 0 Å². The van der Waals surface area contributed by atoms with E-state index in [0.717, 1.165) is 40.4 Å². The van der Waals surface area contributed by atoms with Crippen LogP contribution in [0.25, 0.3) is 0 Å². The monoisotopic (exact) mass is 495 g/mol. The lowest BCUT2D eigenvalue weighted by Gasteiger charge is -2.27. The van der Waals surface area contributed by atoms with Gasteiger partial charge in [-0.3, -0.25) is 9.69 Å². The molecule has 0 saturated carbocycles. The van der Waals surface area contributed by atoms with Gasteiger partial charge in [0.1, 0.15) is 0 Å². The lowest BCUT2D eigenvalue weighted by Crippen LogP contribution is -2.26. The summed E-state index contributed by atoms with van der Waals surface area (Å²) in [5.74, 6) is -2.18. The van der Waals surface area contributed by atoms with Crippen molar-refractivity contribution < 1.29 is 26.7 Å². The Morgan fingerprint density at radius 2 is 1.79 bits per heavy atom. The fraction of sp³-hybridized carbons (Fsp3) is 0.333. The molecule has 10 heteroatoms. The smallest absolute Gasteiger partial charge is 0.302 e. The van der Waals surface area contributed by atoms with E-state index in [4.69, 9.17) is 0 Å². The minimum atomic E-state index is -4.37. The molecule has 0 radical (unpaired) electrons. The molecule has 1 atom stereocenters. The van der Waals surface area contributed by atoms with E-state index in [9.17, 15) is 26.7 Å². The van der Waals surface area contributed by atoms with Crippen LogP contribution in [-0.2, 0) is 30.5 Å². The molecular formula is C24H22F5N3OS. The number of hydrogen-bond acceptors (Lipinski definition) is 4. The number of aromatic nitrogens is 1. The van der Waals surface area contributed by atoms with Crippen molar-refractivity contribution in [1.82, 2.24) is 9.88 Å². The molecule has 2 heterocycles. The van der Waals surface area contributed by atoms with Crippen molar-refractivity contribution in [2.45, 2.75) is 45.6 Å². The number of hydrogen-bond donors (Lipinski definition) is 1. The third-order valence-corrected chi connectivity index (χ3v) is 6.61. The first-order valence-electron chi connectivity index (χ1n) is 10.6. The van der Waals surface area contributed by atoms with E-state index in [1.54, 1.807) is 0 Å². The second-order valence-corrected chi connectivity index (χ2v) is 9.67. The first kappa shape index (κ1) is 24.3. The summed E-state index contributed by atoms with van der Waals surface area (Å²) in [5, 5.41) is 3.15. The lowest BCUT2D eigenvalue weighted by molar-refractivity contribution is -0.137. The number of anilines is 1. The predicted molar refractivity (Wildman–Crippen MR) is 119 cm³/mol. The zero-order chi connectivity index (χ0) is 24.6. The van der Waals surface area contributed by atoms with Crippen LogP contribution in [0, 0.1) is 17.6 Å². The van der Waals surface area contributed by atoms with Crippen LogP contribution in [0.5, 0.6) is 0 Å². The molecule has 4 rings (SSSR count). The number of rotatable bonds is 6. The second-order valence-electron chi connectivity index (χ2n) is 8.59. The summed E-state index contributed by atoms with van der Waals surface area (Å²) < 4.78 is 65.0. The fourth-order valence-electron chi connectivity index (χ4n) is 4.14. The van der Waals surface area contributed by atoms with E-state index < -0.39 is 23.4 Å². The van der Waals surface area contributed by atoms with Gasteiger partial charge < -0.3 is 5.32 Å². The first-order chi connectivity index (χ1) is 16.0. The highest BCUT2D eigenvalue weighted by molar-refractivity contribution is 7.15. The van der Waals surface area contributed by atoms with Crippen LogP contribution in [0.4, 0.5) is 27.1 Å². The Morgan fingerprint density at radius 3 is 2.41 bits per heavy atom. The van der Waals surface area contributed by atoms with Gasteiger partial charge in [0.25, 0.3) is 0 Å². The quantitative estimate of drug-likeness (QED) is 0.406. The van der Waals surface area contributed by atoms with E-state index in [1.165, 1.54) is 29.5 Å². The van der Waals surface area contributed by atoms with Gasteiger partial charge in [-0.2, -0.15) is 13.2 Å². The standard InChI is InChI=1S/C24H22F5N3OS/c1-13(2)22-21-19(12-32(22)11-14-3-6-16(7-4-14)24(27,28)29)34-23(31-21)30-20(33)10-15-5-8-17(25)18(26)9-15/h3-9,13,22H,10-12H2,1-2H3,(H,30,31,33)/t22-/m0/s1. The Hall–Kier alpha value is -2.85. The van der Waals surface area contributed by atoms with Crippen LogP contribution >= 0.6 is 11.3 Å². The maximum atomic E-state index is 13.4. The molecule has 180 valence electrons. The topological polar surface area (TPSA) is 45.2 Å². The van der Waals surface area contributed by atoms with E-state index in [1.807, 2.05) is 13.8 Å². The third-order valence-electron chi connectivity index (χ3n) is 5.64. The Kier molecular flexibility index (Phi) is 6.73. The summed E-state index contributed by atoms with van der Waals surface area (Å²) in [7, 11) is 0. The molecule has 1 amide bonds. The van der Waals surface area contributed by atoms with Crippen molar-refractivity contribution in [3.05, 3.63) is 81.4 Å². The van der Waals surface area contributed by atoms with Crippen LogP contribution in [-0.4, -0.2) is 15.8 Å². The molecular weight excluding hydrogens is 473 g/mol. The van der Waals surface area contributed by atoms with Crippen molar-refractivity contribution in [2.75, 3.05) is 5.32 Å².